The standard InChI is InChI=1S/C17H23NS/c1-13-9-14(2)11-15(10-13)12-16(18)5-3-6-17-7-4-8-19-17/h4,7-11,16H,3,5-6,12,18H2,1-2H3. The molecule has 0 saturated heterocycles. The monoisotopic (exact) mass is 273 g/mol. The highest BCUT2D eigenvalue weighted by Crippen LogP contribution is 2.15. The van der Waals surface area contributed by atoms with Gasteiger partial charge in [-0.05, 0) is 56.5 Å². The van der Waals surface area contributed by atoms with Crippen LogP contribution in [0.1, 0.15) is 34.4 Å². The third kappa shape index (κ3) is 4.81. The number of benzene rings is 1. The molecule has 2 aromatic rings. The maximum atomic E-state index is 6.25. The molecule has 1 aromatic carbocycles. The van der Waals surface area contributed by atoms with Gasteiger partial charge in [0.1, 0.15) is 0 Å². The number of hydrogen-bond donors (Lipinski definition) is 1. The Balaban J connectivity index is 1.78. The van der Waals surface area contributed by atoms with E-state index in [0.717, 1.165) is 19.3 Å². The number of nitrogens with two attached hydrogens (primary N) is 1. The van der Waals surface area contributed by atoms with Crippen molar-refractivity contribution in [1.29, 1.82) is 0 Å². The van der Waals surface area contributed by atoms with Crippen LogP contribution in [0.3, 0.4) is 0 Å². The molecule has 2 N–H and O–H groups in total. The second kappa shape index (κ2) is 6.88. The molecule has 1 aromatic heterocycles. The summed E-state index contributed by atoms with van der Waals surface area (Å²) in [7, 11) is 0. The summed E-state index contributed by atoms with van der Waals surface area (Å²) in [6.07, 6.45) is 4.45. The molecular weight excluding hydrogens is 250 g/mol. The van der Waals surface area contributed by atoms with E-state index in [1.807, 2.05) is 11.3 Å². The van der Waals surface area contributed by atoms with Crippen LogP contribution in [0.25, 0.3) is 0 Å². The highest BCUT2D eigenvalue weighted by Gasteiger charge is 2.05. The Morgan fingerprint density at radius 2 is 1.89 bits per heavy atom. The van der Waals surface area contributed by atoms with Gasteiger partial charge >= 0.3 is 0 Å². The van der Waals surface area contributed by atoms with Gasteiger partial charge in [0.25, 0.3) is 0 Å². The summed E-state index contributed by atoms with van der Waals surface area (Å²) in [6, 6.07) is 11.3. The highest BCUT2D eigenvalue weighted by molar-refractivity contribution is 7.09. The van der Waals surface area contributed by atoms with Gasteiger partial charge in [0.05, 0.1) is 0 Å². The maximum Gasteiger partial charge on any atom is 0.00794 e. The molecule has 2 heteroatoms. The average molecular weight is 273 g/mol. The number of hydrogen-bond acceptors (Lipinski definition) is 2. The first-order valence-corrected chi connectivity index (χ1v) is 7.86. The Kier molecular flexibility index (Phi) is 5.17. The van der Waals surface area contributed by atoms with Gasteiger partial charge in [0.2, 0.25) is 0 Å². The molecule has 2 rings (SSSR count). The van der Waals surface area contributed by atoms with Gasteiger partial charge < -0.3 is 5.73 Å². The lowest BCUT2D eigenvalue weighted by atomic mass is 9.98. The van der Waals surface area contributed by atoms with E-state index in [4.69, 9.17) is 5.73 Å². The summed E-state index contributed by atoms with van der Waals surface area (Å²) in [5.74, 6) is 0. The van der Waals surface area contributed by atoms with Gasteiger partial charge in [-0.25, -0.2) is 0 Å². The normalized spacial score (nSPS) is 12.6. The van der Waals surface area contributed by atoms with E-state index >= 15 is 0 Å². The summed E-state index contributed by atoms with van der Waals surface area (Å²) >= 11 is 1.84. The van der Waals surface area contributed by atoms with Crippen LogP contribution < -0.4 is 5.73 Å². The zero-order valence-electron chi connectivity index (χ0n) is 11.9. The molecule has 0 saturated carbocycles. The Hall–Kier alpha value is -1.12. The molecule has 1 unspecified atom stereocenters. The Morgan fingerprint density at radius 1 is 1.16 bits per heavy atom. The van der Waals surface area contributed by atoms with Crippen molar-refractivity contribution in [1.82, 2.24) is 0 Å². The zero-order valence-corrected chi connectivity index (χ0v) is 12.7. The summed E-state index contributed by atoms with van der Waals surface area (Å²) in [4.78, 5) is 1.47. The Labute approximate surface area is 120 Å². The molecule has 0 spiro atoms. The fourth-order valence-electron chi connectivity index (χ4n) is 2.58. The van der Waals surface area contributed by atoms with Crippen molar-refractivity contribution in [2.75, 3.05) is 0 Å². The molecule has 0 fully saturated rings. The first-order valence-electron chi connectivity index (χ1n) is 6.98. The van der Waals surface area contributed by atoms with Gasteiger partial charge in [-0.15, -0.1) is 11.3 Å². The number of rotatable bonds is 6. The minimum absolute atomic E-state index is 0.279. The van der Waals surface area contributed by atoms with Gasteiger partial charge in [-0.3, -0.25) is 0 Å². The van der Waals surface area contributed by atoms with Gasteiger partial charge in [-0.1, -0.05) is 35.4 Å². The third-order valence-corrected chi connectivity index (χ3v) is 4.29. The lowest BCUT2D eigenvalue weighted by Gasteiger charge is -2.12. The largest absolute Gasteiger partial charge is 0.327 e. The molecule has 1 nitrogen and oxygen atoms in total. The maximum absolute atomic E-state index is 6.25. The molecule has 0 aliphatic rings. The van der Waals surface area contributed by atoms with Crippen molar-refractivity contribution in [2.45, 2.75) is 45.6 Å². The van der Waals surface area contributed by atoms with Gasteiger partial charge in [-0.2, -0.15) is 0 Å². The second-order valence-electron chi connectivity index (χ2n) is 5.43. The van der Waals surface area contributed by atoms with Crippen molar-refractivity contribution in [3.63, 3.8) is 0 Å². The van der Waals surface area contributed by atoms with E-state index in [1.165, 1.54) is 28.0 Å². The zero-order chi connectivity index (χ0) is 13.7. The van der Waals surface area contributed by atoms with Gasteiger partial charge in [0, 0.05) is 10.9 Å². The van der Waals surface area contributed by atoms with Crippen molar-refractivity contribution < 1.29 is 0 Å². The van der Waals surface area contributed by atoms with Crippen molar-refractivity contribution in [2.24, 2.45) is 5.73 Å². The summed E-state index contributed by atoms with van der Waals surface area (Å²) in [6.45, 7) is 4.30. The minimum atomic E-state index is 0.279. The van der Waals surface area contributed by atoms with E-state index in [9.17, 15) is 0 Å². The lowest BCUT2D eigenvalue weighted by Crippen LogP contribution is -2.22. The first kappa shape index (κ1) is 14.3. The van der Waals surface area contributed by atoms with Crippen molar-refractivity contribution in [3.05, 3.63) is 57.3 Å². The van der Waals surface area contributed by atoms with Crippen molar-refractivity contribution >= 4 is 11.3 Å². The average Bonchev–Trinajstić information content (AvgIpc) is 2.80. The molecule has 19 heavy (non-hydrogen) atoms. The fraction of sp³-hybridized carbons (Fsp3) is 0.412. The molecular formula is C17H23NS. The van der Waals surface area contributed by atoms with Crippen LogP contribution in [0.15, 0.2) is 35.7 Å². The predicted molar refractivity (Wildman–Crippen MR) is 84.9 cm³/mol. The third-order valence-electron chi connectivity index (χ3n) is 3.36. The Morgan fingerprint density at radius 3 is 2.53 bits per heavy atom. The quantitative estimate of drug-likeness (QED) is 0.836. The molecule has 1 heterocycles. The van der Waals surface area contributed by atoms with Crippen LogP contribution in [-0.4, -0.2) is 6.04 Å². The van der Waals surface area contributed by atoms with Gasteiger partial charge in [0.15, 0.2) is 0 Å². The van der Waals surface area contributed by atoms with Crippen LogP contribution in [0.2, 0.25) is 0 Å². The summed E-state index contributed by atoms with van der Waals surface area (Å²) < 4.78 is 0. The molecule has 102 valence electrons. The van der Waals surface area contributed by atoms with Crippen LogP contribution in [0.4, 0.5) is 0 Å². The predicted octanol–water partition coefficient (Wildman–Crippen LogP) is 4.26. The first-order chi connectivity index (χ1) is 9.13. The summed E-state index contributed by atoms with van der Waals surface area (Å²) in [5, 5.41) is 2.14. The highest BCUT2D eigenvalue weighted by atomic mass is 32.1. The van der Waals surface area contributed by atoms with E-state index in [2.05, 4.69) is 49.6 Å². The number of thiophene rings is 1. The second-order valence-corrected chi connectivity index (χ2v) is 6.46. The van der Waals surface area contributed by atoms with Crippen LogP contribution in [0, 0.1) is 13.8 Å². The van der Waals surface area contributed by atoms with Crippen LogP contribution in [0.5, 0.6) is 0 Å². The Bertz CT molecular complexity index is 482. The fourth-order valence-corrected chi connectivity index (χ4v) is 3.34. The van der Waals surface area contributed by atoms with E-state index in [0.29, 0.717) is 0 Å². The van der Waals surface area contributed by atoms with E-state index < -0.39 is 0 Å². The molecule has 0 bridgehead atoms. The SMILES string of the molecule is Cc1cc(C)cc(CC(N)CCCc2cccs2)c1. The topological polar surface area (TPSA) is 26.0 Å². The molecule has 1 atom stereocenters. The van der Waals surface area contributed by atoms with Crippen LogP contribution in [-0.2, 0) is 12.8 Å². The summed E-state index contributed by atoms with van der Waals surface area (Å²) in [5.41, 5.74) is 10.3. The number of aryl methyl sites for hydroxylation is 3. The van der Waals surface area contributed by atoms with Crippen molar-refractivity contribution in [3.8, 4) is 0 Å². The smallest absolute Gasteiger partial charge is 0.00794 e. The molecule has 0 aliphatic carbocycles. The minimum Gasteiger partial charge on any atom is -0.327 e. The van der Waals surface area contributed by atoms with E-state index in [1.54, 1.807) is 0 Å². The lowest BCUT2D eigenvalue weighted by molar-refractivity contribution is 0.581. The molecule has 0 amide bonds. The molecule has 0 aliphatic heterocycles. The van der Waals surface area contributed by atoms with E-state index in [-0.39, 0.29) is 6.04 Å². The molecule has 0 radical (unpaired) electrons. The van der Waals surface area contributed by atoms with Crippen LogP contribution >= 0.6 is 11.3 Å².